The molecule has 1 aromatic rings. The van der Waals surface area contributed by atoms with Crippen molar-refractivity contribution in [3.8, 4) is 0 Å². The van der Waals surface area contributed by atoms with Gasteiger partial charge in [0.25, 0.3) is 0 Å². The topological polar surface area (TPSA) is 48.9 Å². The number of ether oxygens (including phenoxy) is 1. The maximum absolute atomic E-state index is 5.68. The Kier molecular flexibility index (Phi) is 8.24. The monoisotopic (exact) mass is 378 g/mol. The molecule has 2 heterocycles. The fourth-order valence-electron chi connectivity index (χ4n) is 3.46. The number of piperidine rings is 1. The van der Waals surface area contributed by atoms with Gasteiger partial charge < -0.3 is 15.4 Å². The van der Waals surface area contributed by atoms with E-state index in [0.717, 1.165) is 51.1 Å². The van der Waals surface area contributed by atoms with E-state index in [9.17, 15) is 0 Å². The minimum absolute atomic E-state index is 0.698. The van der Waals surface area contributed by atoms with Gasteiger partial charge in [0.05, 0.1) is 0 Å². The number of hydrogen-bond donors (Lipinski definition) is 2. The second-order valence-corrected chi connectivity index (χ2v) is 8.61. The second kappa shape index (κ2) is 10.9. The van der Waals surface area contributed by atoms with Gasteiger partial charge in [-0.2, -0.15) is 0 Å². The van der Waals surface area contributed by atoms with Crippen molar-refractivity contribution in [1.82, 2.24) is 15.5 Å². The van der Waals surface area contributed by atoms with Gasteiger partial charge in [-0.05, 0) is 61.9 Å². The number of guanidine groups is 1. The highest BCUT2D eigenvalue weighted by Gasteiger charge is 2.21. The maximum Gasteiger partial charge on any atom is 0.190 e. The Morgan fingerprint density at radius 2 is 2.23 bits per heavy atom. The van der Waals surface area contributed by atoms with Crippen LogP contribution >= 0.6 is 11.3 Å². The molecular formula is C20H34N4OS. The highest BCUT2D eigenvalue weighted by atomic mass is 32.1. The van der Waals surface area contributed by atoms with E-state index in [1.165, 1.54) is 43.6 Å². The van der Waals surface area contributed by atoms with Gasteiger partial charge in [0.2, 0.25) is 0 Å². The molecule has 2 fully saturated rings. The molecule has 26 heavy (non-hydrogen) atoms. The number of aliphatic imine (C=N–C) groups is 1. The summed E-state index contributed by atoms with van der Waals surface area (Å²) in [5.41, 5.74) is 0. The minimum atomic E-state index is 0.698. The van der Waals surface area contributed by atoms with Crippen LogP contribution in [-0.4, -0.2) is 57.3 Å². The first-order valence-electron chi connectivity index (χ1n) is 10.1. The van der Waals surface area contributed by atoms with Crippen LogP contribution in [0.4, 0.5) is 0 Å². The Bertz CT molecular complexity index is 530. The molecule has 1 aliphatic heterocycles. The molecule has 0 amide bonds. The first-order valence-corrected chi connectivity index (χ1v) is 11.0. The zero-order valence-corrected chi connectivity index (χ0v) is 16.9. The number of hydrogen-bond acceptors (Lipinski definition) is 4. The fourth-order valence-corrected chi connectivity index (χ4v) is 4.21. The zero-order valence-electron chi connectivity index (χ0n) is 16.1. The predicted octanol–water partition coefficient (Wildman–Crippen LogP) is 2.94. The van der Waals surface area contributed by atoms with Crippen molar-refractivity contribution in [3.63, 3.8) is 0 Å². The summed E-state index contributed by atoms with van der Waals surface area (Å²) in [6, 6.07) is 4.39. The van der Waals surface area contributed by atoms with Crippen molar-refractivity contribution in [1.29, 1.82) is 0 Å². The molecule has 1 saturated heterocycles. The third-order valence-electron chi connectivity index (χ3n) is 5.15. The van der Waals surface area contributed by atoms with Crippen LogP contribution < -0.4 is 10.6 Å². The molecule has 146 valence electrons. The zero-order chi connectivity index (χ0) is 18.0. The predicted molar refractivity (Wildman–Crippen MR) is 110 cm³/mol. The van der Waals surface area contributed by atoms with Gasteiger partial charge in [0, 0.05) is 51.3 Å². The van der Waals surface area contributed by atoms with Crippen molar-refractivity contribution in [2.45, 2.75) is 38.6 Å². The fraction of sp³-hybridized carbons (Fsp3) is 0.750. The number of thiophene rings is 1. The van der Waals surface area contributed by atoms with Gasteiger partial charge >= 0.3 is 0 Å². The van der Waals surface area contributed by atoms with Gasteiger partial charge in [-0.1, -0.05) is 6.07 Å². The van der Waals surface area contributed by atoms with Crippen LogP contribution in [0.25, 0.3) is 0 Å². The summed E-state index contributed by atoms with van der Waals surface area (Å²) in [5, 5.41) is 9.09. The quantitative estimate of drug-likeness (QED) is 0.373. The largest absolute Gasteiger partial charge is 0.381 e. The molecule has 0 radical (unpaired) electrons. The summed E-state index contributed by atoms with van der Waals surface area (Å²) in [4.78, 5) is 8.41. The molecule has 0 bridgehead atoms. The van der Waals surface area contributed by atoms with E-state index in [0.29, 0.717) is 5.92 Å². The summed E-state index contributed by atoms with van der Waals surface area (Å²) < 4.78 is 5.68. The lowest BCUT2D eigenvalue weighted by Crippen LogP contribution is -2.44. The highest BCUT2D eigenvalue weighted by molar-refractivity contribution is 7.09. The highest BCUT2D eigenvalue weighted by Crippen LogP contribution is 2.28. The average molecular weight is 379 g/mol. The molecule has 1 unspecified atom stereocenters. The summed E-state index contributed by atoms with van der Waals surface area (Å²) in [5.74, 6) is 2.47. The van der Waals surface area contributed by atoms with E-state index < -0.39 is 0 Å². The lowest BCUT2D eigenvalue weighted by atomic mass is 9.98. The summed E-state index contributed by atoms with van der Waals surface area (Å²) in [7, 11) is 1.85. The normalized spacial score (nSPS) is 21.7. The molecule has 6 heteroatoms. The van der Waals surface area contributed by atoms with Gasteiger partial charge in [-0.15, -0.1) is 11.3 Å². The molecule has 1 aromatic heterocycles. The SMILES string of the molecule is CN=C(NCCCOCC1CC1)NCC1CCCN(Cc2cccs2)C1. The van der Waals surface area contributed by atoms with E-state index in [1.54, 1.807) is 0 Å². The van der Waals surface area contributed by atoms with Crippen molar-refractivity contribution in [2.24, 2.45) is 16.8 Å². The van der Waals surface area contributed by atoms with Crippen molar-refractivity contribution >= 4 is 17.3 Å². The molecule has 2 aliphatic rings. The van der Waals surface area contributed by atoms with Crippen LogP contribution in [0.1, 0.15) is 37.0 Å². The molecule has 1 atom stereocenters. The Morgan fingerprint density at radius 3 is 3.00 bits per heavy atom. The van der Waals surface area contributed by atoms with Crippen molar-refractivity contribution in [2.75, 3.05) is 46.4 Å². The Balaban J connectivity index is 1.27. The van der Waals surface area contributed by atoms with Crippen LogP contribution in [0.5, 0.6) is 0 Å². The van der Waals surface area contributed by atoms with Crippen LogP contribution in [0.3, 0.4) is 0 Å². The third kappa shape index (κ3) is 7.25. The molecule has 0 spiro atoms. The van der Waals surface area contributed by atoms with Gasteiger partial charge in [0.15, 0.2) is 5.96 Å². The third-order valence-corrected chi connectivity index (χ3v) is 6.01. The summed E-state index contributed by atoms with van der Waals surface area (Å²) in [6.07, 6.45) is 6.36. The molecule has 1 saturated carbocycles. The molecule has 0 aromatic carbocycles. The molecule has 2 N–H and O–H groups in total. The van der Waals surface area contributed by atoms with Gasteiger partial charge in [-0.25, -0.2) is 0 Å². The number of rotatable bonds is 10. The molecular weight excluding hydrogens is 344 g/mol. The Morgan fingerprint density at radius 1 is 1.31 bits per heavy atom. The first-order chi connectivity index (χ1) is 12.8. The van der Waals surface area contributed by atoms with Crippen LogP contribution in [0.15, 0.2) is 22.5 Å². The van der Waals surface area contributed by atoms with Crippen molar-refractivity contribution < 1.29 is 4.74 Å². The number of likely N-dealkylation sites (tertiary alicyclic amines) is 1. The smallest absolute Gasteiger partial charge is 0.190 e. The minimum Gasteiger partial charge on any atom is -0.381 e. The van der Waals surface area contributed by atoms with E-state index in [-0.39, 0.29) is 0 Å². The van der Waals surface area contributed by atoms with Crippen LogP contribution in [-0.2, 0) is 11.3 Å². The molecule has 3 rings (SSSR count). The molecule has 1 aliphatic carbocycles. The second-order valence-electron chi connectivity index (χ2n) is 7.57. The lowest BCUT2D eigenvalue weighted by Gasteiger charge is -2.32. The van der Waals surface area contributed by atoms with Crippen molar-refractivity contribution in [3.05, 3.63) is 22.4 Å². The Hall–Kier alpha value is -1.11. The maximum atomic E-state index is 5.68. The van der Waals surface area contributed by atoms with E-state index >= 15 is 0 Å². The summed E-state index contributed by atoms with van der Waals surface area (Å²) >= 11 is 1.86. The standard InChI is InChI=1S/C20H34N4OS/c1-21-20(22-9-4-11-25-16-17-7-8-17)23-13-18-5-2-10-24(14-18)15-19-6-3-12-26-19/h3,6,12,17-18H,2,4-5,7-11,13-16H2,1H3,(H2,21,22,23). The van der Waals surface area contributed by atoms with E-state index in [1.807, 2.05) is 18.4 Å². The van der Waals surface area contributed by atoms with Crippen LogP contribution in [0, 0.1) is 11.8 Å². The first kappa shape index (κ1) is 19.6. The lowest BCUT2D eigenvalue weighted by molar-refractivity contribution is 0.123. The van der Waals surface area contributed by atoms with Gasteiger partial charge in [0.1, 0.15) is 0 Å². The number of nitrogens with one attached hydrogen (secondary N) is 2. The van der Waals surface area contributed by atoms with Gasteiger partial charge in [-0.3, -0.25) is 9.89 Å². The number of nitrogens with zero attached hydrogens (tertiary/aromatic N) is 2. The van der Waals surface area contributed by atoms with E-state index in [4.69, 9.17) is 4.74 Å². The van der Waals surface area contributed by atoms with E-state index in [2.05, 4.69) is 38.0 Å². The average Bonchev–Trinajstić information content (AvgIpc) is 3.35. The van der Waals surface area contributed by atoms with Crippen LogP contribution in [0.2, 0.25) is 0 Å². The summed E-state index contributed by atoms with van der Waals surface area (Å²) in [6.45, 7) is 7.22. The molecule has 5 nitrogen and oxygen atoms in total. The Labute approximate surface area is 162 Å².